The number of para-hydroxylation sites is 1. The highest BCUT2D eigenvalue weighted by Crippen LogP contribution is 2.23. The van der Waals surface area contributed by atoms with E-state index in [4.69, 9.17) is 0 Å². The van der Waals surface area contributed by atoms with Crippen LogP contribution in [0.15, 0.2) is 47.4 Å². The Kier molecular flexibility index (Phi) is 7.16. The van der Waals surface area contributed by atoms with E-state index in [1.807, 2.05) is 45.9 Å². The Labute approximate surface area is 162 Å². The van der Waals surface area contributed by atoms with Gasteiger partial charge in [0.15, 0.2) is 0 Å². The van der Waals surface area contributed by atoms with Gasteiger partial charge in [0, 0.05) is 17.3 Å². The first-order chi connectivity index (χ1) is 12.8. The minimum absolute atomic E-state index is 0.143. The third kappa shape index (κ3) is 5.17. The van der Waals surface area contributed by atoms with Gasteiger partial charge in [0.1, 0.15) is 0 Å². The fourth-order valence-corrected chi connectivity index (χ4v) is 4.12. The Morgan fingerprint density at radius 1 is 0.963 bits per heavy atom. The summed E-state index contributed by atoms with van der Waals surface area (Å²) in [6.45, 7) is 7.83. The molecule has 1 amide bonds. The van der Waals surface area contributed by atoms with Crippen LogP contribution in [-0.4, -0.2) is 20.4 Å². The lowest BCUT2D eigenvalue weighted by atomic mass is 10.0. The third-order valence-electron chi connectivity index (χ3n) is 4.63. The number of rotatable bonds is 8. The van der Waals surface area contributed by atoms with Crippen molar-refractivity contribution in [2.24, 2.45) is 0 Å². The number of sulfonamides is 1. The van der Waals surface area contributed by atoms with Crippen molar-refractivity contribution in [1.82, 2.24) is 4.72 Å². The van der Waals surface area contributed by atoms with Gasteiger partial charge in [0.2, 0.25) is 10.0 Å². The highest BCUT2D eigenvalue weighted by molar-refractivity contribution is 7.89. The number of aryl methyl sites for hydroxylation is 2. The SMILES string of the molecule is CCc1cccc(CC)c1NC(=O)c1ccc(S(=O)(=O)N[C@H](C)CC)cc1. The lowest BCUT2D eigenvalue weighted by molar-refractivity contribution is 0.102. The van der Waals surface area contributed by atoms with Gasteiger partial charge in [-0.2, -0.15) is 0 Å². The summed E-state index contributed by atoms with van der Waals surface area (Å²) in [6, 6.07) is 11.9. The van der Waals surface area contributed by atoms with Crippen molar-refractivity contribution in [3.05, 3.63) is 59.2 Å². The molecule has 1 atom stereocenters. The molecule has 0 unspecified atom stereocenters. The maximum Gasteiger partial charge on any atom is 0.255 e. The standard InChI is InChI=1S/C21H28N2O3S/c1-5-15(4)23-27(25,26)19-13-11-18(12-14-19)21(24)22-20-16(6-2)9-8-10-17(20)7-3/h8-15,23H,5-7H2,1-4H3,(H,22,24)/t15-/m1/s1. The van der Waals surface area contributed by atoms with Gasteiger partial charge in [-0.25, -0.2) is 13.1 Å². The first-order valence-corrected chi connectivity index (χ1v) is 10.8. The summed E-state index contributed by atoms with van der Waals surface area (Å²) in [5.74, 6) is -0.246. The van der Waals surface area contributed by atoms with Crippen molar-refractivity contribution in [2.45, 2.75) is 57.9 Å². The number of anilines is 1. The second kappa shape index (κ2) is 9.15. The van der Waals surface area contributed by atoms with Crippen LogP contribution in [0, 0.1) is 0 Å². The Bertz CT molecular complexity index is 868. The molecule has 0 spiro atoms. The molecule has 5 nitrogen and oxygen atoms in total. The summed E-state index contributed by atoms with van der Waals surface area (Å²) in [5, 5.41) is 2.99. The minimum Gasteiger partial charge on any atom is -0.321 e. The van der Waals surface area contributed by atoms with E-state index in [0.717, 1.165) is 29.7 Å². The highest BCUT2D eigenvalue weighted by atomic mass is 32.2. The molecular weight excluding hydrogens is 360 g/mol. The Hall–Kier alpha value is -2.18. The zero-order valence-electron chi connectivity index (χ0n) is 16.4. The van der Waals surface area contributed by atoms with Crippen LogP contribution < -0.4 is 10.0 Å². The van der Waals surface area contributed by atoms with Crippen LogP contribution in [0.25, 0.3) is 0 Å². The number of benzene rings is 2. The van der Waals surface area contributed by atoms with Crippen molar-refractivity contribution in [2.75, 3.05) is 5.32 Å². The van der Waals surface area contributed by atoms with E-state index in [1.54, 1.807) is 12.1 Å². The quantitative estimate of drug-likeness (QED) is 0.714. The van der Waals surface area contributed by atoms with E-state index in [-0.39, 0.29) is 16.8 Å². The third-order valence-corrected chi connectivity index (χ3v) is 6.24. The van der Waals surface area contributed by atoms with Gasteiger partial charge in [0.05, 0.1) is 4.90 Å². The number of hydrogen-bond donors (Lipinski definition) is 2. The molecule has 0 aliphatic rings. The van der Waals surface area contributed by atoms with Crippen LogP contribution in [0.5, 0.6) is 0 Å². The summed E-state index contributed by atoms with van der Waals surface area (Å²) < 4.78 is 27.3. The number of carbonyl (C=O) groups excluding carboxylic acids is 1. The van der Waals surface area contributed by atoms with E-state index in [2.05, 4.69) is 10.0 Å². The molecule has 0 heterocycles. The molecule has 0 saturated carbocycles. The Balaban J connectivity index is 2.22. The molecule has 2 N–H and O–H groups in total. The fourth-order valence-electron chi connectivity index (χ4n) is 2.79. The van der Waals surface area contributed by atoms with Crippen molar-refractivity contribution in [3.63, 3.8) is 0 Å². The minimum atomic E-state index is -3.58. The molecule has 0 aliphatic carbocycles. The smallest absolute Gasteiger partial charge is 0.255 e. The van der Waals surface area contributed by atoms with Gasteiger partial charge in [-0.1, -0.05) is 39.0 Å². The van der Waals surface area contributed by atoms with Crippen molar-refractivity contribution >= 4 is 21.6 Å². The van der Waals surface area contributed by atoms with Gasteiger partial charge in [-0.15, -0.1) is 0 Å². The summed E-state index contributed by atoms with van der Waals surface area (Å²) >= 11 is 0. The average Bonchev–Trinajstić information content (AvgIpc) is 2.67. The topological polar surface area (TPSA) is 75.3 Å². The first kappa shape index (κ1) is 21.1. The average molecular weight is 389 g/mol. The van der Waals surface area contributed by atoms with Gasteiger partial charge >= 0.3 is 0 Å². The predicted molar refractivity (Wildman–Crippen MR) is 110 cm³/mol. The first-order valence-electron chi connectivity index (χ1n) is 9.36. The second-order valence-electron chi connectivity index (χ2n) is 6.57. The normalized spacial score (nSPS) is 12.6. The second-order valence-corrected chi connectivity index (χ2v) is 8.28. The molecule has 0 aromatic heterocycles. The lowest BCUT2D eigenvalue weighted by Crippen LogP contribution is -2.32. The molecule has 0 saturated heterocycles. The van der Waals surface area contributed by atoms with Crippen LogP contribution in [0.1, 0.15) is 55.6 Å². The summed E-state index contributed by atoms with van der Waals surface area (Å²) in [5.41, 5.74) is 3.44. The van der Waals surface area contributed by atoms with Gasteiger partial charge < -0.3 is 5.32 Å². The molecule has 27 heavy (non-hydrogen) atoms. The predicted octanol–water partition coefficient (Wildman–Crippen LogP) is 4.14. The fraction of sp³-hybridized carbons (Fsp3) is 0.381. The van der Waals surface area contributed by atoms with Crippen LogP contribution in [0.3, 0.4) is 0 Å². The number of amides is 1. The van der Waals surface area contributed by atoms with E-state index in [0.29, 0.717) is 12.0 Å². The van der Waals surface area contributed by atoms with Crippen LogP contribution >= 0.6 is 0 Å². The summed E-state index contributed by atoms with van der Waals surface area (Å²) in [4.78, 5) is 12.8. The zero-order chi connectivity index (χ0) is 20.0. The molecule has 146 valence electrons. The summed E-state index contributed by atoms with van der Waals surface area (Å²) in [7, 11) is -3.58. The monoisotopic (exact) mass is 388 g/mol. The van der Waals surface area contributed by atoms with Gasteiger partial charge in [0.25, 0.3) is 5.91 Å². The molecule has 0 bridgehead atoms. The molecule has 2 rings (SSSR count). The largest absolute Gasteiger partial charge is 0.321 e. The molecule has 0 aliphatic heterocycles. The van der Waals surface area contributed by atoms with E-state index in [9.17, 15) is 13.2 Å². The highest BCUT2D eigenvalue weighted by Gasteiger charge is 2.18. The van der Waals surface area contributed by atoms with Crippen molar-refractivity contribution in [1.29, 1.82) is 0 Å². The maximum atomic E-state index is 12.7. The van der Waals surface area contributed by atoms with E-state index < -0.39 is 10.0 Å². The zero-order valence-corrected chi connectivity index (χ0v) is 17.2. The van der Waals surface area contributed by atoms with E-state index >= 15 is 0 Å². The van der Waals surface area contributed by atoms with Gasteiger partial charge in [-0.05, 0) is 61.6 Å². The Morgan fingerprint density at radius 2 is 1.52 bits per heavy atom. The molecule has 2 aromatic carbocycles. The van der Waals surface area contributed by atoms with Crippen molar-refractivity contribution < 1.29 is 13.2 Å². The van der Waals surface area contributed by atoms with Crippen LogP contribution in [0.4, 0.5) is 5.69 Å². The molecule has 0 radical (unpaired) electrons. The number of nitrogens with one attached hydrogen (secondary N) is 2. The summed E-state index contributed by atoms with van der Waals surface area (Å²) in [6.07, 6.45) is 2.35. The van der Waals surface area contributed by atoms with Crippen LogP contribution in [-0.2, 0) is 22.9 Å². The number of hydrogen-bond acceptors (Lipinski definition) is 3. The molecule has 2 aromatic rings. The van der Waals surface area contributed by atoms with E-state index in [1.165, 1.54) is 12.1 Å². The number of carbonyl (C=O) groups is 1. The molecule has 0 fully saturated rings. The van der Waals surface area contributed by atoms with Crippen LogP contribution in [0.2, 0.25) is 0 Å². The van der Waals surface area contributed by atoms with Crippen molar-refractivity contribution in [3.8, 4) is 0 Å². The lowest BCUT2D eigenvalue weighted by Gasteiger charge is -2.15. The van der Waals surface area contributed by atoms with Gasteiger partial charge in [-0.3, -0.25) is 4.79 Å². The molecule has 6 heteroatoms. The molecular formula is C21H28N2O3S. The maximum absolute atomic E-state index is 12.7. The Morgan fingerprint density at radius 3 is 2.00 bits per heavy atom.